The number of fused-ring (bicyclic) bond motifs is 1. The molecule has 1 aromatic rings. The van der Waals surface area contributed by atoms with Gasteiger partial charge in [0.1, 0.15) is 5.75 Å². The summed E-state index contributed by atoms with van der Waals surface area (Å²) in [6.07, 6.45) is 0. The van der Waals surface area contributed by atoms with Crippen LogP contribution in [0, 0.1) is 0 Å². The first-order valence-corrected chi connectivity index (χ1v) is 9.73. The second kappa shape index (κ2) is 11.0. The zero-order valence-corrected chi connectivity index (χ0v) is 19.4. The molecule has 7 nitrogen and oxygen atoms in total. The highest BCUT2D eigenvalue weighted by Crippen LogP contribution is 2.38. The van der Waals surface area contributed by atoms with E-state index in [1.807, 2.05) is 20.8 Å². The van der Waals surface area contributed by atoms with E-state index in [9.17, 15) is 13.0 Å². The Bertz CT molecular complexity index is 714. The molecule has 0 spiro atoms. The molecular weight excluding hydrogens is 507 g/mol. The van der Waals surface area contributed by atoms with Crippen LogP contribution in [0.5, 0.6) is 17.2 Å². The summed E-state index contributed by atoms with van der Waals surface area (Å²) in [7, 11) is 0.604. The maximum absolute atomic E-state index is 12.7. The van der Waals surface area contributed by atoms with Gasteiger partial charge in [0, 0.05) is 53.1 Å². The summed E-state index contributed by atoms with van der Waals surface area (Å²) < 4.78 is 52.2. The minimum Gasteiger partial charge on any atom is -0.454 e. The smallest absolute Gasteiger partial charge is 0.387 e. The number of aliphatic imine (C=N–C) groups is 1. The van der Waals surface area contributed by atoms with Crippen molar-refractivity contribution < 1.29 is 27.2 Å². The molecule has 0 aliphatic carbocycles. The van der Waals surface area contributed by atoms with Gasteiger partial charge in [-0.2, -0.15) is 8.78 Å². The Kier molecular flexibility index (Phi) is 9.67. The molecule has 1 aromatic carbocycles. The fourth-order valence-electron chi connectivity index (χ4n) is 2.28. The third kappa shape index (κ3) is 7.22. The van der Waals surface area contributed by atoms with E-state index in [1.165, 1.54) is 6.07 Å². The monoisotopic (exact) mass is 533 g/mol. The van der Waals surface area contributed by atoms with Crippen LogP contribution in [0.1, 0.15) is 26.3 Å². The molecule has 1 heterocycles. The van der Waals surface area contributed by atoms with Gasteiger partial charge in [0.05, 0.1) is 0 Å². The van der Waals surface area contributed by atoms with E-state index in [0.29, 0.717) is 35.3 Å². The lowest BCUT2D eigenvalue weighted by molar-refractivity contribution is -0.0505. The standard InChI is InChI=1S/C17H25F2N3O4S.HI/c1-17(2,3)27(23)6-5-21-16(20-4)22-9-11-7-13-14(25-10-24-13)8-12(11)26-15(18)19;/h7-8,15H,5-6,9-10H2,1-4H3,(H2,20,21,22);1H. The second-order valence-corrected chi connectivity index (χ2v) is 9.03. The zero-order chi connectivity index (χ0) is 20.0. The SMILES string of the molecule is CN=C(NCCS(=O)C(C)(C)C)NCc1cc2c(cc1OC(F)F)OCO2.I. The largest absolute Gasteiger partial charge is 0.454 e. The van der Waals surface area contributed by atoms with Gasteiger partial charge < -0.3 is 24.8 Å². The van der Waals surface area contributed by atoms with Crippen LogP contribution in [0.4, 0.5) is 8.78 Å². The van der Waals surface area contributed by atoms with Gasteiger partial charge in [-0.05, 0) is 26.8 Å². The molecule has 2 N–H and O–H groups in total. The number of guanidine groups is 1. The minimum absolute atomic E-state index is 0. The second-order valence-electron chi connectivity index (χ2n) is 6.71. The first-order valence-electron chi connectivity index (χ1n) is 8.41. The van der Waals surface area contributed by atoms with Crippen molar-refractivity contribution in [2.24, 2.45) is 4.99 Å². The highest BCUT2D eigenvalue weighted by molar-refractivity contribution is 14.0. The van der Waals surface area contributed by atoms with Gasteiger partial charge in [0.25, 0.3) is 0 Å². The van der Waals surface area contributed by atoms with E-state index in [-0.39, 0.29) is 47.8 Å². The van der Waals surface area contributed by atoms with Crippen LogP contribution in [0.2, 0.25) is 0 Å². The van der Waals surface area contributed by atoms with Crippen molar-refractivity contribution in [3.63, 3.8) is 0 Å². The molecule has 0 radical (unpaired) electrons. The van der Waals surface area contributed by atoms with Gasteiger partial charge in [-0.25, -0.2) is 0 Å². The van der Waals surface area contributed by atoms with E-state index >= 15 is 0 Å². The highest BCUT2D eigenvalue weighted by atomic mass is 127. The fraction of sp³-hybridized carbons (Fsp3) is 0.588. The molecule has 0 amide bonds. The first-order chi connectivity index (χ1) is 12.7. The van der Waals surface area contributed by atoms with Crippen LogP contribution in [0.25, 0.3) is 0 Å². The molecule has 0 saturated heterocycles. The topological polar surface area (TPSA) is 81.2 Å². The molecule has 1 aliphatic heterocycles. The number of rotatable bonds is 7. The number of alkyl halides is 2. The Morgan fingerprint density at radius 1 is 1.29 bits per heavy atom. The molecule has 1 aliphatic rings. The first kappa shape index (κ1) is 24.7. The number of ether oxygens (including phenoxy) is 3. The van der Waals surface area contributed by atoms with Gasteiger partial charge >= 0.3 is 6.61 Å². The number of benzene rings is 1. The van der Waals surface area contributed by atoms with Crippen molar-refractivity contribution in [3.8, 4) is 17.2 Å². The lowest BCUT2D eigenvalue weighted by Crippen LogP contribution is -2.40. The zero-order valence-electron chi connectivity index (χ0n) is 16.2. The Morgan fingerprint density at radius 3 is 2.50 bits per heavy atom. The summed E-state index contributed by atoms with van der Waals surface area (Å²) >= 11 is 0. The fourth-order valence-corrected chi connectivity index (χ4v) is 3.18. The predicted octanol–water partition coefficient (Wildman–Crippen LogP) is 2.85. The third-order valence-electron chi connectivity index (χ3n) is 3.70. The molecule has 28 heavy (non-hydrogen) atoms. The van der Waals surface area contributed by atoms with E-state index in [0.717, 1.165) is 0 Å². The van der Waals surface area contributed by atoms with Gasteiger partial charge in [0.2, 0.25) is 6.79 Å². The molecule has 0 bridgehead atoms. The number of hydrogen-bond acceptors (Lipinski definition) is 5. The van der Waals surface area contributed by atoms with Crippen LogP contribution >= 0.6 is 24.0 Å². The van der Waals surface area contributed by atoms with Crippen LogP contribution in [-0.4, -0.2) is 47.7 Å². The summed E-state index contributed by atoms with van der Waals surface area (Å²) in [5.41, 5.74) is 0.473. The summed E-state index contributed by atoms with van der Waals surface area (Å²) in [6, 6.07) is 2.98. The molecule has 0 fully saturated rings. The van der Waals surface area contributed by atoms with Crippen LogP contribution in [0.15, 0.2) is 17.1 Å². The van der Waals surface area contributed by atoms with E-state index in [4.69, 9.17) is 9.47 Å². The Hall–Kier alpha value is -1.37. The average molecular weight is 533 g/mol. The van der Waals surface area contributed by atoms with Gasteiger partial charge in [-0.1, -0.05) is 0 Å². The van der Waals surface area contributed by atoms with Crippen LogP contribution < -0.4 is 24.8 Å². The number of halogens is 3. The van der Waals surface area contributed by atoms with Crippen molar-refractivity contribution in [3.05, 3.63) is 17.7 Å². The lowest BCUT2D eigenvalue weighted by Gasteiger charge is -2.19. The van der Waals surface area contributed by atoms with Gasteiger partial charge in [0.15, 0.2) is 17.5 Å². The van der Waals surface area contributed by atoms with Gasteiger partial charge in [-0.3, -0.25) is 9.20 Å². The highest BCUT2D eigenvalue weighted by Gasteiger charge is 2.21. The molecule has 0 saturated carbocycles. The molecule has 1 unspecified atom stereocenters. The van der Waals surface area contributed by atoms with Crippen LogP contribution in [0.3, 0.4) is 0 Å². The number of hydrogen-bond donors (Lipinski definition) is 2. The summed E-state index contributed by atoms with van der Waals surface area (Å²) in [5, 5.41) is 6.08. The van der Waals surface area contributed by atoms with Crippen LogP contribution in [-0.2, 0) is 17.3 Å². The van der Waals surface area contributed by atoms with E-state index in [1.54, 1.807) is 13.1 Å². The molecule has 11 heteroatoms. The van der Waals surface area contributed by atoms with E-state index < -0.39 is 17.4 Å². The Labute approximate surface area is 183 Å². The predicted molar refractivity (Wildman–Crippen MR) is 116 cm³/mol. The van der Waals surface area contributed by atoms with Crippen molar-refractivity contribution in [2.45, 2.75) is 38.7 Å². The van der Waals surface area contributed by atoms with Gasteiger partial charge in [-0.15, -0.1) is 24.0 Å². The maximum Gasteiger partial charge on any atom is 0.387 e. The Balaban J connectivity index is 0.00000392. The van der Waals surface area contributed by atoms with Crippen molar-refractivity contribution >= 4 is 40.7 Å². The maximum atomic E-state index is 12.7. The Morgan fingerprint density at radius 2 is 1.93 bits per heavy atom. The summed E-state index contributed by atoms with van der Waals surface area (Å²) in [5.74, 6) is 1.76. The summed E-state index contributed by atoms with van der Waals surface area (Å²) in [4.78, 5) is 4.08. The summed E-state index contributed by atoms with van der Waals surface area (Å²) in [6.45, 7) is 3.48. The normalized spacial score (nSPS) is 14.5. The minimum atomic E-state index is -2.95. The molecule has 1 atom stereocenters. The quantitative estimate of drug-likeness (QED) is 0.319. The van der Waals surface area contributed by atoms with Crippen molar-refractivity contribution in [2.75, 3.05) is 26.1 Å². The molecule has 160 valence electrons. The van der Waals surface area contributed by atoms with Crippen molar-refractivity contribution in [1.29, 1.82) is 0 Å². The lowest BCUT2D eigenvalue weighted by atomic mass is 10.1. The van der Waals surface area contributed by atoms with Crippen molar-refractivity contribution in [1.82, 2.24) is 10.6 Å². The molecule has 2 rings (SSSR count). The molecular formula is C17H26F2IN3O4S. The number of nitrogens with zero attached hydrogens (tertiary/aromatic N) is 1. The number of nitrogens with one attached hydrogen (secondary N) is 2. The van der Waals surface area contributed by atoms with E-state index in [2.05, 4.69) is 20.4 Å². The third-order valence-corrected chi connectivity index (χ3v) is 5.65. The molecule has 0 aromatic heterocycles. The average Bonchev–Trinajstić information content (AvgIpc) is 3.03.